The number of carbonyl (C=O) groups is 6. The Labute approximate surface area is 475 Å². The van der Waals surface area contributed by atoms with Crippen molar-refractivity contribution in [2.45, 2.75) is 115 Å². The first-order valence-corrected chi connectivity index (χ1v) is 28.0. The number of hydrogen-bond acceptors (Lipinski definition) is 12. The molecule has 9 rings (SSSR count). The molecule has 4 aliphatic rings. The van der Waals surface area contributed by atoms with Gasteiger partial charge < -0.3 is 59.3 Å². The fourth-order valence-corrected chi connectivity index (χ4v) is 11.2. The van der Waals surface area contributed by atoms with Crippen molar-refractivity contribution in [1.29, 1.82) is 0 Å². The van der Waals surface area contributed by atoms with Crippen LogP contribution < -0.4 is 40.0 Å². The van der Waals surface area contributed by atoms with E-state index in [0.717, 1.165) is 63.6 Å². The maximum absolute atomic E-state index is 14.5. The topological polar surface area (TPSA) is 224 Å². The van der Waals surface area contributed by atoms with E-state index in [1.165, 1.54) is 25.3 Å². The molecule has 0 aromatic heterocycles. The van der Waals surface area contributed by atoms with Gasteiger partial charge in [-0.2, -0.15) is 0 Å². The Kier molecular flexibility index (Phi) is 18.7. The fourth-order valence-electron chi connectivity index (χ4n) is 11.0. The minimum Gasteiger partial charge on any atom is -0.493 e. The number of amides is 6. The number of fused-ring (bicyclic) bond motifs is 5. The summed E-state index contributed by atoms with van der Waals surface area (Å²) in [5.74, 6) is -0.529. The van der Waals surface area contributed by atoms with E-state index in [0.29, 0.717) is 49.7 Å². The van der Waals surface area contributed by atoms with Crippen LogP contribution in [-0.2, 0) is 48.2 Å². The Morgan fingerprint density at radius 2 is 1.54 bits per heavy atom. The summed E-state index contributed by atoms with van der Waals surface area (Å²) in [5, 5.41) is 20.6. The second kappa shape index (κ2) is 26.2. The number of alkyl carbamates (subject to hydrolysis) is 1. The number of benzene rings is 5. The summed E-state index contributed by atoms with van der Waals surface area (Å²) in [5.41, 5.74) is 4.75. The Morgan fingerprint density at radius 1 is 0.815 bits per heavy atom. The molecule has 19 nitrogen and oxygen atoms in total. The molecule has 0 aliphatic carbocycles. The molecule has 6 amide bonds. The summed E-state index contributed by atoms with van der Waals surface area (Å²) in [6, 6.07) is 25.1. The number of alkyl halides is 1. The molecule has 4 aliphatic heterocycles. The minimum atomic E-state index is -1.27. The lowest BCUT2D eigenvalue weighted by Gasteiger charge is -2.42. The van der Waals surface area contributed by atoms with Crippen LogP contribution in [-0.4, -0.2) is 116 Å². The Hall–Kier alpha value is -7.87. The number of halogens is 1. The third kappa shape index (κ3) is 13.2. The van der Waals surface area contributed by atoms with Gasteiger partial charge in [0.05, 0.1) is 36.5 Å². The smallest absolute Gasteiger partial charge is 0.414 e. The average Bonchev–Trinajstić information content (AvgIpc) is 3.59. The van der Waals surface area contributed by atoms with Crippen LogP contribution in [0.2, 0.25) is 0 Å². The normalized spacial score (nSPS) is 19.3. The van der Waals surface area contributed by atoms with E-state index in [2.05, 4.69) is 22.5 Å². The van der Waals surface area contributed by atoms with Crippen molar-refractivity contribution in [3.63, 3.8) is 0 Å². The number of nitrogens with one attached hydrogen (secondary N) is 3. The zero-order chi connectivity index (χ0) is 57.3. The zero-order valence-corrected chi connectivity index (χ0v) is 46.7. The van der Waals surface area contributed by atoms with E-state index in [-0.39, 0.29) is 78.5 Å². The Balaban J connectivity index is 0.872. The van der Waals surface area contributed by atoms with Crippen LogP contribution in [0.3, 0.4) is 0 Å². The van der Waals surface area contributed by atoms with Crippen LogP contribution in [0.1, 0.15) is 97.8 Å². The highest BCUT2D eigenvalue weighted by molar-refractivity contribution is 6.19. The number of nitrogens with zero attached hydrogens (tertiary/aromatic N) is 3. The van der Waals surface area contributed by atoms with Crippen molar-refractivity contribution >= 4 is 75.3 Å². The van der Waals surface area contributed by atoms with Gasteiger partial charge in [0.2, 0.25) is 17.7 Å². The van der Waals surface area contributed by atoms with E-state index in [1.807, 2.05) is 66.7 Å². The van der Waals surface area contributed by atoms with Gasteiger partial charge in [0.15, 0.2) is 24.0 Å². The van der Waals surface area contributed by atoms with Crippen LogP contribution in [0.5, 0.6) is 17.2 Å². The molecular formula is C61H69ClN6O13. The van der Waals surface area contributed by atoms with Crippen LogP contribution >= 0.6 is 11.6 Å². The summed E-state index contributed by atoms with van der Waals surface area (Å²) in [6.45, 7) is 10.1. The lowest BCUT2D eigenvalue weighted by molar-refractivity contribution is -0.198. The summed E-state index contributed by atoms with van der Waals surface area (Å²) < 4.78 is 36.0. The average molecular weight is 1130 g/mol. The van der Waals surface area contributed by atoms with E-state index in [9.17, 15) is 33.9 Å². The molecule has 5 aromatic rings. The fraction of sp³-hybridized carbons (Fsp3) is 0.410. The second-order valence-electron chi connectivity index (χ2n) is 21.0. The van der Waals surface area contributed by atoms with Crippen molar-refractivity contribution in [1.82, 2.24) is 15.5 Å². The molecule has 0 radical (unpaired) electrons. The molecular weight excluding hydrogens is 1060 g/mol. The first-order chi connectivity index (χ1) is 39.1. The second-order valence-corrected chi connectivity index (χ2v) is 21.3. The molecule has 428 valence electrons. The molecule has 20 heteroatoms. The van der Waals surface area contributed by atoms with Crippen LogP contribution in [0.25, 0.3) is 10.8 Å². The molecule has 2 unspecified atom stereocenters. The standard InChI is InChI=1S/C61H69ClN6O13/c1-6-25-78-60(73)65-55(36(2)3)57(71)63-37(4)56(70)64-42-22-20-38(21-23-42)34-79-49-31-48-54(44-17-8-7-16-43(44)49)41(32-62)33-67(48)52(69)28-39-14-13-15-40(27-39)35-80-51-30-47-45(29-50(51)76-5)58(72)66-24-11-9-18-46(66)59(68(47)61(74)75)81-53-19-10-12-26-77-53/h6-8,13-17,20-23,27,29-31,36-37,41,46,53,55,59H,1,9-12,18-19,24-26,28,32-35H2,2-5H3,(H,63,71)(H,64,70)(H,65,73)(H,74,75)/t37-,41+,46-,53?,55-,59?/m0/s1. The summed E-state index contributed by atoms with van der Waals surface area (Å²) >= 11 is 6.65. The quantitative estimate of drug-likeness (QED) is 0.0421. The maximum atomic E-state index is 14.5. The highest BCUT2D eigenvalue weighted by atomic mass is 35.5. The third-order valence-corrected chi connectivity index (χ3v) is 15.5. The van der Waals surface area contributed by atoms with E-state index in [1.54, 1.807) is 42.7 Å². The number of piperidine rings is 1. The van der Waals surface area contributed by atoms with E-state index >= 15 is 0 Å². The first-order valence-electron chi connectivity index (χ1n) is 27.5. The third-order valence-electron chi connectivity index (χ3n) is 15.1. The largest absolute Gasteiger partial charge is 0.493 e. The predicted molar refractivity (Wildman–Crippen MR) is 305 cm³/mol. The van der Waals surface area contributed by atoms with Gasteiger partial charge in [-0.15, -0.1) is 11.6 Å². The summed E-state index contributed by atoms with van der Waals surface area (Å²) in [4.78, 5) is 85.1. The van der Waals surface area contributed by atoms with Crippen molar-refractivity contribution in [2.24, 2.45) is 5.92 Å². The minimum absolute atomic E-state index is 0.0127. The van der Waals surface area contributed by atoms with Crippen molar-refractivity contribution in [2.75, 3.05) is 54.4 Å². The molecule has 81 heavy (non-hydrogen) atoms. The van der Waals surface area contributed by atoms with E-state index in [4.69, 9.17) is 40.0 Å². The summed E-state index contributed by atoms with van der Waals surface area (Å²) in [7, 11) is 1.47. The van der Waals surface area contributed by atoms with Gasteiger partial charge in [0.1, 0.15) is 37.7 Å². The molecule has 0 bridgehead atoms. The maximum Gasteiger partial charge on any atom is 0.414 e. The van der Waals surface area contributed by atoms with Crippen molar-refractivity contribution in [3.8, 4) is 17.2 Å². The number of methoxy groups -OCH3 is 1. The van der Waals surface area contributed by atoms with Gasteiger partial charge in [-0.05, 0) is 97.2 Å². The molecule has 0 saturated carbocycles. The van der Waals surface area contributed by atoms with Crippen LogP contribution in [0.15, 0.2) is 104 Å². The van der Waals surface area contributed by atoms with Gasteiger partial charge in [-0.1, -0.05) is 87.2 Å². The van der Waals surface area contributed by atoms with Crippen LogP contribution in [0.4, 0.5) is 26.7 Å². The molecule has 4 heterocycles. The number of ether oxygens (including phenoxy) is 6. The highest BCUT2D eigenvalue weighted by Crippen LogP contribution is 2.47. The molecule has 2 fully saturated rings. The van der Waals surface area contributed by atoms with Gasteiger partial charge >= 0.3 is 12.2 Å². The van der Waals surface area contributed by atoms with Crippen LogP contribution in [0, 0.1) is 5.92 Å². The lowest BCUT2D eigenvalue weighted by atomic mass is 9.95. The van der Waals surface area contributed by atoms with Gasteiger partial charge in [0.25, 0.3) is 5.91 Å². The molecule has 2 saturated heterocycles. The summed E-state index contributed by atoms with van der Waals surface area (Å²) in [6.07, 6.45) is 2.36. The SMILES string of the molecule is C=CCOC(=O)N[C@H](C(=O)N[C@@H](C)C(=O)Nc1ccc(COc2cc3c(c4ccccc24)[C@H](CCl)CN3C(=O)Cc2cccc(COc3cc4c(cc3OC)C(=O)N3CCCC[C@H]3C(OC3CCCCO3)N4C(=O)O)c2)cc1)C(C)C. The Morgan fingerprint density at radius 3 is 2.26 bits per heavy atom. The monoisotopic (exact) mass is 1130 g/mol. The molecule has 6 atom stereocenters. The van der Waals surface area contributed by atoms with Gasteiger partial charge in [-0.25, -0.2) is 14.5 Å². The number of anilines is 3. The Bertz CT molecular complexity index is 3150. The van der Waals surface area contributed by atoms with Crippen molar-refractivity contribution < 1.29 is 62.3 Å². The number of carbonyl (C=O) groups excluding carboxylic acids is 5. The lowest BCUT2D eigenvalue weighted by Crippen LogP contribution is -2.57. The molecule has 0 spiro atoms. The molecule has 5 aromatic carbocycles. The first kappa shape index (κ1) is 57.8. The number of hydrogen-bond donors (Lipinski definition) is 4. The number of rotatable bonds is 20. The van der Waals surface area contributed by atoms with Gasteiger partial charge in [0, 0.05) is 54.7 Å². The predicted octanol–water partition coefficient (Wildman–Crippen LogP) is 9.66. The van der Waals surface area contributed by atoms with Crippen molar-refractivity contribution in [3.05, 3.63) is 131 Å². The number of carboxylic acid groups (broad SMARTS) is 1. The van der Waals surface area contributed by atoms with Gasteiger partial charge in [-0.3, -0.25) is 19.2 Å². The van der Waals surface area contributed by atoms with E-state index < -0.39 is 54.6 Å². The molecule has 4 N–H and O–H groups in total. The highest BCUT2D eigenvalue weighted by Gasteiger charge is 2.46. The zero-order valence-electron chi connectivity index (χ0n) is 46.0.